The van der Waals surface area contributed by atoms with E-state index in [1.807, 2.05) is 35.2 Å². The lowest BCUT2D eigenvalue weighted by molar-refractivity contribution is 0.0607. The Balaban J connectivity index is 1.76. The van der Waals surface area contributed by atoms with Gasteiger partial charge in [-0.15, -0.1) is 0 Å². The fourth-order valence-corrected chi connectivity index (χ4v) is 3.72. The number of nitrogens with zero attached hydrogens (tertiary/aromatic N) is 3. The van der Waals surface area contributed by atoms with Gasteiger partial charge in [-0.3, -0.25) is 4.79 Å². The Bertz CT molecular complexity index is 976. The first-order valence-corrected chi connectivity index (χ1v) is 9.38. The average Bonchev–Trinajstić information content (AvgIpc) is 2.74. The van der Waals surface area contributed by atoms with Gasteiger partial charge in [0.1, 0.15) is 5.82 Å². The number of nitrogen functional groups attached to an aromatic ring is 1. The van der Waals surface area contributed by atoms with Crippen LogP contribution in [0.3, 0.4) is 0 Å². The summed E-state index contributed by atoms with van der Waals surface area (Å²) in [4.78, 5) is 23.7. The van der Waals surface area contributed by atoms with Gasteiger partial charge in [-0.2, -0.15) is 0 Å². The summed E-state index contributed by atoms with van der Waals surface area (Å²) in [7, 11) is 0. The number of likely N-dealkylation sites (tertiary alicyclic amines) is 1. The second-order valence-corrected chi connectivity index (χ2v) is 6.91. The molecule has 3 aromatic rings. The van der Waals surface area contributed by atoms with Crippen LogP contribution in [0.15, 0.2) is 60.8 Å². The molecule has 1 aliphatic heterocycles. The molecule has 28 heavy (non-hydrogen) atoms. The molecule has 1 fully saturated rings. The molecule has 2 N–H and O–H groups in total. The zero-order valence-corrected chi connectivity index (χ0v) is 15.4. The summed E-state index contributed by atoms with van der Waals surface area (Å²) < 4.78 is 13.4. The molecule has 1 amide bonds. The predicted molar refractivity (Wildman–Crippen MR) is 106 cm³/mol. The lowest BCUT2D eigenvalue weighted by Gasteiger charge is -2.36. The normalized spacial score (nSPS) is 16.8. The summed E-state index contributed by atoms with van der Waals surface area (Å²) in [6.07, 6.45) is 4.39. The number of amides is 1. The van der Waals surface area contributed by atoms with Gasteiger partial charge in [-0.1, -0.05) is 30.3 Å². The van der Waals surface area contributed by atoms with Crippen molar-refractivity contribution in [3.8, 4) is 11.1 Å². The molecule has 1 aliphatic rings. The van der Waals surface area contributed by atoms with Crippen molar-refractivity contribution in [3.63, 3.8) is 0 Å². The Labute approximate surface area is 163 Å². The third-order valence-corrected chi connectivity index (χ3v) is 5.09. The van der Waals surface area contributed by atoms with Crippen molar-refractivity contribution >= 4 is 11.9 Å². The third-order valence-electron chi connectivity index (χ3n) is 5.09. The highest BCUT2D eigenvalue weighted by atomic mass is 19.1. The van der Waals surface area contributed by atoms with Crippen molar-refractivity contribution in [3.05, 3.63) is 77.9 Å². The molecule has 1 atom stereocenters. The molecule has 2 heterocycles. The second-order valence-electron chi connectivity index (χ2n) is 6.91. The molecule has 5 nitrogen and oxygen atoms in total. The van der Waals surface area contributed by atoms with Gasteiger partial charge in [-0.25, -0.2) is 14.4 Å². The molecule has 0 spiro atoms. The van der Waals surface area contributed by atoms with E-state index in [9.17, 15) is 9.18 Å². The molecule has 6 heteroatoms. The van der Waals surface area contributed by atoms with Crippen LogP contribution in [-0.4, -0.2) is 27.3 Å². The summed E-state index contributed by atoms with van der Waals surface area (Å²) in [6.45, 7) is 0.658. The van der Waals surface area contributed by atoms with Crippen molar-refractivity contribution in [2.45, 2.75) is 25.3 Å². The molecule has 4 rings (SSSR count). The van der Waals surface area contributed by atoms with Crippen molar-refractivity contribution < 1.29 is 9.18 Å². The zero-order chi connectivity index (χ0) is 19.5. The largest absolute Gasteiger partial charge is 0.368 e. The highest BCUT2D eigenvalue weighted by Crippen LogP contribution is 2.36. The molecule has 1 aromatic heterocycles. The second kappa shape index (κ2) is 7.76. The number of aromatic nitrogens is 2. The van der Waals surface area contributed by atoms with Gasteiger partial charge in [0.25, 0.3) is 5.91 Å². The van der Waals surface area contributed by atoms with E-state index in [4.69, 9.17) is 5.73 Å². The van der Waals surface area contributed by atoms with E-state index >= 15 is 0 Å². The molecule has 0 saturated carbocycles. The standard InChI is InChI=1S/C22H21FN4O/c23-17-11-9-15(10-12-17)18-14-25-22(24)26-20(18)19-8-4-5-13-27(19)21(28)16-6-2-1-3-7-16/h1-3,6-7,9-12,14,19H,4-5,8,13H2,(H2,24,25,26)/t19-/m0/s1. The minimum atomic E-state index is -0.305. The number of halogens is 1. The first-order chi connectivity index (χ1) is 13.6. The first kappa shape index (κ1) is 18.1. The summed E-state index contributed by atoms with van der Waals surface area (Å²) in [5, 5.41) is 0. The fraction of sp³-hybridized carbons (Fsp3) is 0.227. The molecular formula is C22H21FN4O. The van der Waals surface area contributed by atoms with Crippen LogP contribution in [0.25, 0.3) is 11.1 Å². The van der Waals surface area contributed by atoms with E-state index in [1.165, 1.54) is 12.1 Å². The monoisotopic (exact) mass is 376 g/mol. The summed E-state index contributed by atoms with van der Waals surface area (Å²) >= 11 is 0. The zero-order valence-electron chi connectivity index (χ0n) is 15.4. The number of benzene rings is 2. The van der Waals surface area contributed by atoms with Gasteiger partial charge in [0.05, 0.1) is 11.7 Å². The maximum absolute atomic E-state index is 13.4. The van der Waals surface area contributed by atoms with Crippen LogP contribution in [0.5, 0.6) is 0 Å². The van der Waals surface area contributed by atoms with Gasteiger partial charge >= 0.3 is 0 Å². The Morgan fingerprint density at radius 3 is 2.57 bits per heavy atom. The third kappa shape index (κ3) is 3.58. The number of carbonyl (C=O) groups is 1. The van der Waals surface area contributed by atoms with E-state index in [0.29, 0.717) is 17.8 Å². The van der Waals surface area contributed by atoms with E-state index < -0.39 is 0 Å². The Morgan fingerprint density at radius 1 is 1.07 bits per heavy atom. The molecule has 0 radical (unpaired) electrons. The smallest absolute Gasteiger partial charge is 0.254 e. The van der Waals surface area contributed by atoms with E-state index in [-0.39, 0.29) is 23.7 Å². The van der Waals surface area contributed by atoms with Crippen LogP contribution in [0.2, 0.25) is 0 Å². The highest BCUT2D eigenvalue weighted by molar-refractivity contribution is 5.94. The quantitative estimate of drug-likeness (QED) is 0.742. The van der Waals surface area contributed by atoms with Crippen LogP contribution < -0.4 is 5.73 Å². The minimum absolute atomic E-state index is 0.0208. The lowest BCUT2D eigenvalue weighted by Crippen LogP contribution is -2.39. The van der Waals surface area contributed by atoms with Gasteiger partial charge in [-0.05, 0) is 49.1 Å². The topological polar surface area (TPSA) is 72.1 Å². The van der Waals surface area contributed by atoms with Gasteiger partial charge in [0.15, 0.2) is 0 Å². The van der Waals surface area contributed by atoms with Crippen molar-refractivity contribution in [1.29, 1.82) is 0 Å². The Morgan fingerprint density at radius 2 is 1.82 bits per heavy atom. The SMILES string of the molecule is Nc1ncc(-c2ccc(F)cc2)c([C@@H]2CCCCN2C(=O)c2ccccc2)n1. The Hall–Kier alpha value is -3.28. The lowest BCUT2D eigenvalue weighted by atomic mass is 9.93. The van der Waals surface area contributed by atoms with Crippen LogP contribution in [0.4, 0.5) is 10.3 Å². The fourth-order valence-electron chi connectivity index (χ4n) is 3.72. The van der Waals surface area contributed by atoms with E-state index in [0.717, 1.165) is 30.4 Å². The van der Waals surface area contributed by atoms with Crippen molar-refractivity contribution in [1.82, 2.24) is 14.9 Å². The number of piperidine rings is 1. The number of rotatable bonds is 3. The van der Waals surface area contributed by atoms with E-state index in [2.05, 4.69) is 9.97 Å². The maximum atomic E-state index is 13.4. The first-order valence-electron chi connectivity index (χ1n) is 9.38. The molecule has 0 bridgehead atoms. The van der Waals surface area contributed by atoms with Crippen LogP contribution in [0.1, 0.15) is 41.4 Å². The van der Waals surface area contributed by atoms with Crippen LogP contribution in [0, 0.1) is 5.82 Å². The Kier molecular flexibility index (Phi) is 5.02. The number of anilines is 1. The van der Waals surface area contributed by atoms with Gasteiger partial charge < -0.3 is 10.6 Å². The summed E-state index contributed by atoms with van der Waals surface area (Å²) in [5.41, 5.74) is 8.82. The van der Waals surface area contributed by atoms with Crippen molar-refractivity contribution in [2.75, 3.05) is 12.3 Å². The molecule has 1 saturated heterocycles. The highest BCUT2D eigenvalue weighted by Gasteiger charge is 2.31. The molecule has 0 unspecified atom stereocenters. The summed E-state index contributed by atoms with van der Waals surface area (Å²) in [6, 6.07) is 15.3. The van der Waals surface area contributed by atoms with Crippen LogP contribution >= 0.6 is 0 Å². The number of nitrogens with two attached hydrogens (primary N) is 1. The number of hydrogen-bond donors (Lipinski definition) is 1. The van der Waals surface area contributed by atoms with Gasteiger partial charge in [0, 0.05) is 23.9 Å². The molecule has 2 aromatic carbocycles. The van der Waals surface area contributed by atoms with Crippen molar-refractivity contribution in [2.24, 2.45) is 0 Å². The maximum Gasteiger partial charge on any atom is 0.254 e. The number of hydrogen-bond acceptors (Lipinski definition) is 4. The molecule has 142 valence electrons. The van der Waals surface area contributed by atoms with Gasteiger partial charge in [0.2, 0.25) is 5.95 Å². The summed E-state index contributed by atoms with van der Waals surface area (Å²) in [5.74, 6) is -0.161. The van der Waals surface area contributed by atoms with E-state index in [1.54, 1.807) is 18.3 Å². The van der Waals surface area contributed by atoms with Crippen LogP contribution in [-0.2, 0) is 0 Å². The number of carbonyl (C=O) groups excluding carboxylic acids is 1. The minimum Gasteiger partial charge on any atom is -0.368 e. The molecule has 0 aliphatic carbocycles. The average molecular weight is 376 g/mol. The molecular weight excluding hydrogens is 355 g/mol. The predicted octanol–water partition coefficient (Wildman–Crippen LogP) is 4.23.